The Morgan fingerprint density at radius 2 is 1.95 bits per heavy atom. The zero-order chi connectivity index (χ0) is 16.2. The predicted octanol–water partition coefficient (Wildman–Crippen LogP) is 3.41. The second-order valence-corrected chi connectivity index (χ2v) is 6.90. The zero-order valence-corrected chi connectivity index (χ0v) is 14.7. The number of aryl methyl sites for hydroxylation is 1. The van der Waals surface area contributed by atoms with Crippen molar-refractivity contribution in [3.05, 3.63) is 27.2 Å². The lowest BCUT2D eigenvalue weighted by molar-refractivity contribution is -0.122. The van der Waals surface area contributed by atoms with Gasteiger partial charge in [0.1, 0.15) is 5.75 Å². The molecule has 116 valence electrons. The van der Waals surface area contributed by atoms with E-state index in [-0.39, 0.29) is 6.61 Å². The molecule has 0 aromatic heterocycles. The molecule has 0 aliphatic carbocycles. The maximum atomic E-state index is 11.7. The van der Waals surface area contributed by atoms with Crippen molar-refractivity contribution < 1.29 is 14.3 Å². The zero-order valence-electron chi connectivity index (χ0n) is 12.3. The first-order chi connectivity index (χ1) is 9.58. The third-order valence-electron chi connectivity index (χ3n) is 2.28. The van der Waals surface area contributed by atoms with Crippen LogP contribution in [-0.2, 0) is 4.79 Å². The minimum Gasteiger partial charge on any atom is -0.482 e. The number of hydrogen-bond donors (Lipinski definition) is 2. The van der Waals surface area contributed by atoms with Gasteiger partial charge in [0.2, 0.25) is 0 Å². The monoisotopic (exact) mass is 376 g/mol. The van der Waals surface area contributed by atoms with E-state index in [4.69, 9.17) is 16.3 Å². The predicted molar refractivity (Wildman–Crippen MR) is 85.8 cm³/mol. The first-order valence-corrected chi connectivity index (χ1v) is 7.46. The SMILES string of the molecule is Cc1cc(Br)cc(Cl)c1OCC(=O)NC(=O)NC(C)(C)C. The van der Waals surface area contributed by atoms with Crippen LogP contribution in [0.15, 0.2) is 16.6 Å². The Balaban J connectivity index is 2.56. The van der Waals surface area contributed by atoms with E-state index in [1.165, 1.54) is 0 Å². The first-order valence-electron chi connectivity index (χ1n) is 6.29. The lowest BCUT2D eigenvalue weighted by Crippen LogP contribution is -2.49. The summed E-state index contributed by atoms with van der Waals surface area (Å²) in [6.45, 7) is 6.98. The van der Waals surface area contributed by atoms with Gasteiger partial charge in [-0.3, -0.25) is 10.1 Å². The van der Waals surface area contributed by atoms with Gasteiger partial charge in [-0.1, -0.05) is 27.5 Å². The maximum absolute atomic E-state index is 11.7. The number of halogens is 2. The normalized spacial score (nSPS) is 11.0. The van der Waals surface area contributed by atoms with Crippen molar-refractivity contribution in [2.45, 2.75) is 33.2 Å². The average Bonchev–Trinajstić information content (AvgIpc) is 2.23. The summed E-state index contributed by atoms with van der Waals surface area (Å²) in [5.41, 5.74) is 0.373. The van der Waals surface area contributed by atoms with Crippen LogP contribution in [0.25, 0.3) is 0 Å². The molecular weight excluding hydrogens is 360 g/mol. The number of amides is 3. The maximum Gasteiger partial charge on any atom is 0.321 e. The minimum atomic E-state index is -0.560. The Hall–Kier alpha value is -1.27. The number of rotatable bonds is 3. The lowest BCUT2D eigenvalue weighted by Gasteiger charge is -2.20. The highest BCUT2D eigenvalue weighted by atomic mass is 79.9. The van der Waals surface area contributed by atoms with E-state index in [9.17, 15) is 9.59 Å². The van der Waals surface area contributed by atoms with Gasteiger partial charge in [-0.15, -0.1) is 0 Å². The summed E-state index contributed by atoms with van der Waals surface area (Å²) in [5, 5.41) is 5.21. The van der Waals surface area contributed by atoms with Crippen LogP contribution in [0.1, 0.15) is 26.3 Å². The number of carbonyl (C=O) groups is 2. The Kier molecular flexibility index (Phi) is 6.04. The van der Waals surface area contributed by atoms with Crippen LogP contribution in [0.2, 0.25) is 5.02 Å². The molecule has 0 bridgehead atoms. The van der Waals surface area contributed by atoms with Crippen LogP contribution in [-0.4, -0.2) is 24.1 Å². The number of hydrogen-bond acceptors (Lipinski definition) is 3. The van der Waals surface area contributed by atoms with Gasteiger partial charge >= 0.3 is 6.03 Å². The Bertz CT molecular complexity index is 533. The van der Waals surface area contributed by atoms with E-state index >= 15 is 0 Å². The molecular formula is C14H18BrClN2O3. The molecule has 1 aromatic carbocycles. The number of ether oxygens (including phenoxy) is 1. The second kappa shape index (κ2) is 7.13. The topological polar surface area (TPSA) is 67.4 Å². The first kappa shape index (κ1) is 17.8. The molecule has 0 unspecified atom stereocenters. The van der Waals surface area contributed by atoms with Crippen molar-refractivity contribution in [1.82, 2.24) is 10.6 Å². The van der Waals surface area contributed by atoms with Gasteiger partial charge in [-0.05, 0) is 45.4 Å². The summed E-state index contributed by atoms with van der Waals surface area (Å²) in [6, 6.07) is 2.94. The van der Waals surface area contributed by atoms with Crippen molar-refractivity contribution in [2.75, 3.05) is 6.61 Å². The molecule has 0 saturated heterocycles. The molecule has 0 heterocycles. The Labute approximate surface area is 137 Å². The lowest BCUT2D eigenvalue weighted by atomic mass is 10.1. The van der Waals surface area contributed by atoms with E-state index in [1.54, 1.807) is 6.07 Å². The van der Waals surface area contributed by atoms with Crippen molar-refractivity contribution in [3.8, 4) is 5.75 Å². The molecule has 1 rings (SSSR count). The number of benzene rings is 1. The van der Waals surface area contributed by atoms with Gasteiger partial charge in [0.25, 0.3) is 5.91 Å². The van der Waals surface area contributed by atoms with Gasteiger partial charge in [0.05, 0.1) is 5.02 Å². The standard InChI is InChI=1S/C14H18BrClN2O3/c1-8-5-9(15)6-10(16)12(8)21-7-11(19)17-13(20)18-14(2,3)4/h5-6H,7H2,1-4H3,(H2,17,18,19,20). The number of carbonyl (C=O) groups excluding carboxylic acids is 2. The van der Waals surface area contributed by atoms with E-state index in [0.717, 1.165) is 10.0 Å². The molecule has 3 amide bonds. The van der Waals surface area contributed by atoms with E-state index in [2.05, 4.69) is 26.6 Å². The number of nitrogens with one attached hydrogen (secondary N) is 2. The molecule has 7 heteroatoms. The highest BCUT2D eigenvalue weighted by Crippen LogP contribution is 2.31. The molecule has 0 saturated carbocycles. The average molecular weight is 378 g/mol. The summed E-state index contributed by atoms with van der Waals surface area (Å²) >= 11 is 9.36. The van der Waals surface area contributed by atoms with Crippen molar-refractivity contribution >= 4 is 39.5 Å². The summed E-state index contributed by atoms with van der Waals surface area (Å²) in [4.78, 5) is 23.2. The van der Waals surface area contributed by atoms with Crippen LogP contribution in [0, 0.1) is 6.92 Å². The highest BCUT2D eigenvalue weighted by Gasteiger charge is 2.16. The molecule has 0 aliphatic heterocycles. The number of urea groups is 1. The minimum absolute atomic E-state index is 0.292. The second-order valence-electron chi connectivity index (χ2n) is 5.57. The van der Waals surface area contributed by atoms with Gasteiger partial charge in [-0.25, -0.2) is 4.79 Å². The molecule has 0 radical (unpaired) electrons. The Morgan fingerprint density at radius 3 is 2.48 bits per heavy atom. The fourth-order valence-corrected chi connectivity index (χ4v) is 2.57. The van der Waals surface area contributed by atoms with Crippen LogP contribution in [0.3, 0.4) is 0 Å². The molecule has 0 fully saturated rings. The van der Waals surface area contributed by atoms with Gasteiger partial charge in [0.15, 0.2) is 6.61 Å². The fourth-order valence-electron chi connectivity index (χ4n) is 1.54. The smallest absolute Gasteiger partial charge is 0.321 e. The molecule has 0 atom stereocenters. The summed E-state index contributed by atoms with van der Waals surface area (Å²) in [5.74, 6) is -0.124. The van der Waals surface area contributed by atoms with Gasteiger partial charge in [-0.2, -0.15) is 0 Å². The quantitative estimate of drug-likeness (QED) is 0.848. The van der Waals surface area contributed by atoms with Crippen LogP contribution < -0.4 is 15.4 Å². The van der Waals surface area contributed by atoms with Gasteiger partial charge < -0.3 is 10.1 Å². The van der Waals surface area contributed by atoms with Crippen molar-refractivity contribution in [1.29, 1.82) is 0 Å². The van der Waals surface area contributed by atoms with Crippen molar-refractivity contribution in [3.63, 3.8) is 0 Å². The molecule has 5 nitrogen and oxygen atoms in total. The van der Waals surface area contributed by atoms with E-state index in [1.807, 2.05) is 33.8 Å². The largest absolute Gasteiger partial charge is 0.482 e. The van der Waals surface area contributed by atoms with E-state index in [0.29, 0.717) is 10.8 Å². The highest BCUT2D eigenvalue weighted by molar-refractivity contribution is 9.10. The molecule has 2 N–H and O–H groups in total. The third kappa shape index (κ3) is 6.35. The van der Waals surface area contributed by atoms with Gasteiger partial charge in [0, 0.05) is 10.0 Å². The van der Waals surface area contributed by atoms with Crippen LogP contribution in [0.4, 0.5) is 4.79 Å². The number of imide groups is 1. The van der Waals surface area contributed by atoms with Crippen LogP contribution >= 0.6 is 27.5 Å². The van der Waals surface area contributed by atoms with Crippen LogP contribution in [0.5, 0.6) is 5.75 Å². The molecule has 21 heavy (non-hydrogen) atoms. The summed E-state index contributed by atoms with van der Waals surface area (Å²) in [6.07, 6.45) is 0. The van der Waals surface area contributed by atoms with Crippen molar-refractivity contribution in [2.24, 2.45) is 0 Å². The molecule has 0 aliphatic rings. The van der Waals surface area contributed by atoms with E-state index < -0.39 is 17.5 Å². The summed E-state index contributed by atoms with van der Waals surface area (Å²) in [7, 11) is 0. The summed E-state index contributed by atoms with van der Waals surface area (Å²) < 4.78 is 6.20. The third-order valence-corrected chi connectivity index (χ3v) is 3.02. The molecule has 0 spiro atoms. The Morgan fingerprint density at radius 1 is 1.33 bits per heavy atom. The molecule has 1 aromatic rings. The fraction of sp³-hybridized carbons (Fsp3) is 0.429.